The van der Waals surface area contributed by atoms with Crippen molar-refractivity contribution in [3.05, 3.63) is 0 Å². The molecule has 0 aromatic heterocycles. The highest BCUT2D eigenvalue weighted by atomic mass is 16.5. The van der Waals surface area contributed by atoms with E-state index in [9.17, 15) is 4.79 Å². The average Bonchev–Trinajstić information content (AvgIpc) is 2.16. The highest BCUT2D eigenvalue weighted by Crippen LogP contribution is 1.96. The Labute approximate surface area is 80.8 Å². The Balaban J connectivity index is 3.26. The van der Waals surface area contributed by atoms with E-state index in [0.717, 1.165) is 13.1 Å². The summed E-state index contributed by atoms with van der Waals surface area (Å²) in [4.78, 5) is 11.0. The van der Waals surface area contributed by atoms with Gasteiger partial charge in [-0.2, -0.15) is 0 Å². The molecule has 0 spiro atoms. The summed E-state index contributed by atoms with van der Waals surface area (Å²) in [6.07, 6.45) is 3.66. The van der Waals surface area contributed by atoms with Gasteiger partial charge < -0.3 is 10.1 Å². The molecule has 0 radical (unpaired) electrons. The molecule has 0 aromatic carbocycles. The summed E-state index contributed by atoms with van der Waals surface area (Å²) in [5.74, 6) is -0.172. The number of hydrogen-bond donors (Lipinski definition) is 1. The Bertz CT molecular complexity index is 137. The first-order valence-electron chi connectivity index (χ1n) is 5.00. The Morgan fingerprint density at radius 3 is 2.69 bits per heavy atom. The van der Waals surface area contributed by atoms with Gasteiger partial charge in [0.2, 0.25) is 0 Å². The molecule has 0 heterocycles. The lowest BCUT2D eigenvalue weighted by molar-refractivity contribution is -0.144. The molecule has 1 unspecified atom stereocenters. The Morgan fingerprint density at radius 2 is 2.15 bits per heavy atom. The van der Waals surface area contributed by atoms with E-state index in [1.165, 1.54) is 26.4 Å². The number of nitrogens with one attached hydrogen (secondary N) is 1. The topological polar surface area (TPSA) is 38.3 Å². The lowest BCUT2D eigenvalue weighted by Crippen LogP contribution is -2.27. The molecule has 0 aliphatic carbocycles. The van der Waals surface area contributed by atoms with E-state index in [4.69, 9.17) is 0 Å². The van der Waals surface area contributed by atoms with Gasteiger partial charge in [0.15, 0.2) is 0 Å². The molecule has 0 fully saturated rings. The van der Waals surface area contributed by atoms with Crippen LogP contribution in [0.3, 0.4) is 0 Å². The van der Waals surface area contributed by atoms with Gasteiger partial charge in [-0.05, 0) is 13.0 Å². The van der Waals surface area contributed by atoms with E-state index in [0.29, 0.717) is 0 Å². The summed E-state index contributed by atoms with van der Waals surface area (Å²) in [5.41, 5.74) is 0. The molecule has 0 bridgehead atoms. The normalized spacial score (nSPS) is 12.5. The smallest absolute Gasteiger partial charge is 0.309 e. The van der Waals surface area contributed by atoms with Crippen molar-refractivity contribution in [3.8, 4) is 0 Å². The first-order chi connectivity index (χ1) is 6.22. The summed E-state index contributed by atoms with van der Waals surface area (Å²) in [7, 11) is 1.43. The van der Waals surface area contributed by atoms with E-state index >= 15 is 0 Å². The molecule has 3 nitrogen and oxygen atoms in total. The van der Waals surface area contributed by atoms with Crippen LogP contribution in [0.5, 0.6) is 0 Å². The molecule has 78 valence electrons. The fourth-order valence-electron chi connectivity index (χ4n) is 1.10. The zero-order valence-corrected chi connectivity index (χ0v) is 8.93. The van der Waals surface area contributed by atoms with Gasteiger partial charge in [0.25, 0.3) is 0 Å². The Kier molecular flexibility index (Phi) is 7.69. The summed E-state index contributed by atoms with van der Waals surface area (Å²) < 4.78 is 4.61. The van der Waals surface area contributed by atoms with Crippen molar-refractivity contribution in [3.63, 3.8) is 0 Å². The number of rotatable bonds is 7. The van der Waals surface area contributed by atoms with Crippen LogP contribution in [0.15, 0.2) is 0 Å². The van der Waals surface area contributed by atoms with E-state index < -0.39 is 0 Å². The zero-order valence-electron chi connectivity index (χ0n) is 8.93. The van der Waals surface area contributed by atoms with Crippen LogP contribution < -0.4 is 5.32 Å². The van der Waals surface area contributed by atoms with Crippen LogP contribution in [0.25, 0.3) is 0 Å². The third-order valence-corrected chi connectivity index (χ3v) is 2.01. The largest absolute Gasteiger partial charge is 0.469 e. The Morgan fingerprint density at radius 1 is 1.46 bits per heavy atom. The summed E-state index contributed by atoms with van der Waals surface area (Å²) in [6, 6.07) is 0. The maximum Gasteiger partial charge on any atom is 0.309 e. The quantitative estimate of drug-likeness (QED) is 0.485. The van der Waals surface area contributed by atoms with Crippen LogP contribution in [0.2, 0.25) is 0 Å². The number of carbonyl (C=O) groups is 1. The van der Waals surface area contributed by atoms with Crippen molar-refractivity contribution in [2.24, 2.45) is 5.92 Å². The first-order valence-corrected chi connectivity index (χ1v) is 5.00. The van der Waals surface area contributed by atoms with Gasteiger partial charge in [0.05, 0.1) is 13.0 Å². The van der Waals surface area contributed by atoms with E-state index in [-0.39, 0.29) is 11.9 Å². The van der Waals surface area contributed by atoms with Crippen LogP contribution in [-0.2, 0) is 9.53 Å². The standard InChI is InChI=1S/C10H21NO2/c1-4-5-6-7-11-8-9(2)10(12)13-3/h9,11H,4-8H2,1-3H3. The summed E-state index contributed by atoms with van der Waals surface area (Å²) in [5, 5.41) is 3.23. The minimum absolute atomic E-state index is 0.0355. The molecule has 0 aliphatic heterocycles. The number of methoxy groups -OCH3 is 1. The molecule has 1 N–H and O–H groups in total. The highest BCUT2D eigenvalue weighted by Gasteiger charge is 2.11. The van der Waals surface area contributed by atoms with Gasteiger partial charge in [-0.15, -0.1) is 0 Å². The van der Waals surface area contributed by atoms with Crippen LogP contribution in [0.1, 0.15) is 33.1 Å². The third kappa shape index (κ3) is 6.58. The Hall–Kier alpha value is -0.570. The number of unbranched alkanes of at least 4 members (excludes halogenated alkanes) is 2. The molecule has 0 rings (SSSR count). The lowest BCUT2D eigenvalue weighted by atomic mass is 10.2. The zero-order chi connectivity index (χ0) is 10.1. The molecule has 3 heteroatoms. The van der Waals surface area contributed by atoms with Gasteiger partial charge in [-0.1, -0.05) is 26.7 Å². The van der Waals surface area contributed by atoms with Crippen molar-refractivity contribution in [2.45, 2.75) is 33.1 Å². The number of ether oxygens (including phenoxy) is 1. The van der Waals surface area contributed by atoms with Crippen molar-refractivity contribution in [1.29, 1.82) is 0 Å². The number of carbonyl (C=O) groups excluding carboxylic acids is 1. The molecule has 0 saturated carbocycles. The van der Waals surface area contributed by atoms with Crippen LogP contribution in [-0.4, -0.2) is 26.2 Å². The predicted molar refractivity (Wildman–Crippen MR) is 53.6 cm³/mol. The number of esters is 1. The molecular weight excluding hydrogens is 166 g/mol. The van der Waals surface area contributed by atoms with Crippen LogP contribution in [0, 0.1) is 5.92 Å². The minimum Gasteiger partial charge on any atom is -0.469 e. The summed E-state index contributed by atoms with van der Waals surface area (Å²) >= 11 is 0. The molecule has 0 aromatic rings. The molecule has 1 atom stereocenters. The van der Waals surface area contributed by atoms with Gasteiger partial charge in [-0.3, -0.25) is 4.79 Å². The number of hydrogen-bond acceptors (Lipinski definition) is 3. The van der Waals surface area contributed by atoms with E-state index in [2.05, 4.69) is 17.0 Å². The fraction of sp³-hybridized carbons (Fsp3) is 0.900. The summed E-state index contributed by atoms with van der Waals surface area (Å²) in [6.45, 7) is 5.77. The van der Waals surface area contributed by atoms with Gasteiger partial charge in [0.1, 0.15) is 0 Å². The molecule has 0 aliphatic rings. The van der Waals surface area contributed by atoms with Gasteiger partial charge >= 0.3 is 5.97 Å². The second-order valence-electron chi connectivity index (χ2n) is 3.34. The first kappa shape index (κ1) is 12.4. The van der Waals surface area contributed by atoms with Crippen molar-refractivity contribution >= 4 is 5.97 Å². The second-order valence-corrected chi connectivity index (χ2v) is 3.34. The highest BCUT2D eigenvalue weighted by molar-refractivity contribution is 5.71. The minimum atomic E-state index is -0.136. The maximum absolute atomic E-state index is 11.0. The molecule has 0 saturated heterocycles. The predicted octanol–water partition coefficient (Wildman–Crippen LogP) is 1.58. The molecule has 13 heavy (non-hydrogen) atoms. The average molecular weight is 187 g/mol. The third-order valence-electron chi connectivity index (χ3n) is 2.01. The SMILES string of the molecule is CCCCCNCC(C)C(=O)OC. The van der Waals surface area contributed by atoms with Crippen LogP contribution >= 0.6 is 0 Å². The lowest BCUT2D eigenvalue weighted by Gasteiger charge is -2.09. The van der Waals surface area contributed by atoms with Crippen molar-refractivity contribution in [1.82, 2.24) is 5.32 Å². The van der Waals surface area contributed by atoms with Gasteiger partial charge in [0, 0.05) is 6.54 Å². The van der Waals surface area contributed by atoms with Gasteiger partial charge in [-0.25, -0.2) is 0 Å². The van der Waals surface area contributed by atoms with Crippen molar-refractivity contribution in [2.75, 3.05) is 20.2 Å². The molecular formula is C10H21NO2. The van der Waals surface area contributed by atoms with E-state index in [1.807, 2.05) is 6.92 Å². The second kappa shape index (κ2) is 8.05. The van der Waals surface area contributed by atoms with Crippen LogP contribution in [0.4, 0.5) is 0 Å². The fourth-order valence-corrected chi connectivity index (χ4v) is 1.10. The van der Waals surface area contributed by atoms with E-state index in [1.54, 1.807) is 0 Å². The monoisotopic (exact) mass is 187 g/mol. The maximum atomic E-state index is 11.0. The molecule has 0 amide bonds. The van der Waals surface area contributed by atoms with Crippen molar-refractivity contribution < 1.29 is 9.53 Å².